The van der Waals surface area contributed by atoms with E-state index in [0.29, 0.717) is 30.4 Å². The summed E-state index contributed by atoms with van der Waals surface area (Å²) in [5, 5.41) is -0.656. The standard InChI is InChI=1S/C21H20N2O4S2/c1-14-22(18(24)16-9-5-6-10-17(16)28-14)11-12-27-19-20(25)29-21(26)23(19)13-15-7-3-2-4-8-15/h2-10,14,19H,11-13H2,1H3. The van der Waals surface area contributed by atoms with Crippen LogP contribution >= 0.6 is 23.5 Å². The number of carbonyl (C=O) groups is 3. The zero-order chi connectivity index (χ0) is 20.4. The monoisotopic (exact) mass is 428 g/mol. The normalized spacial score (nSPS) is 21.6. The van der Waals surface area contributed by atoms with Gasteiger partial charge in [-0.05, 0) is 24.6 Å². The minimum absolute atomic E-state index is 0.0308. The lowest BCUT2D eigenvalue weighted by Crippen LogP contribution is -2.44. The van der Waals surface area contributed by atoms with Gasteiger partial charge in [0.1, 0.15) is 0 Å². The molecule has 2 aromatic rings. The molecule has 2 unspecified atom stereocenters. The maximum absolute atomic E-state index is 12.8. The van der Waals surface area contributed by atoms with Gasteiger partial charge < -0.3 is 9.64 Å². The summed E-state index contributed by atoms with van der Waals surface area (Å²) < 4.78 is 5.79. The second kappa shape index (κ2) is 8.61. The summed E-state index contributed by atoms with van der Waals surface area (Å²) in [6, 6.07) is 17.0. The van der Waals surface area contributed by atoms with Gasteiger partial charge in [-0.3, -0.25) is 19.3 Å². The quantitative estimate of drug-likeness (QED) is 0.697. The number of hydrogen-bond donors (Lipinski definition) is 0. The number of ether oxygens (including phenoxy) is 1. The van der Waals surface area contributed by atoms with Crippen LogP contribution in [0.1, 0.15) is 22.8 Å². The number of hydrogen-bond acceptors (Lipinski definition) is 6. The fraction of sp³-hybridized carbons (Fsp3) is 0.286. The van der Waals surface area contributed by atoms with Gasteiger partial charge in [-0.2, -0.15) is 0 Å². The van der Waals surface area contributed by atoms with E-state index in [1.807, 2.05) is 61.5 Å². The van der Waals surface area contributed by atoms with Crippen molar-refractivity contribution in [1.29, 1.82) is 0 Å². The van der Waals surface area contributed by atoms with E-state index in [9.17, 15) is 14.4 Å². The Kier molecular flexibility index (Phi) is 5.94. The molecular weight excluding hydrogens is 408 g/mol. The molecule has 0 aliphatic carbocycles. The minimum Gasteiger partial charge on any atom is -0.348 e. The van der Waals surface area contributed by atoms with E-state index in [4.69, 9.17) is 4.74 Å². The fourth-order valence-corrected chi connectivity index (χ4v) is 5.24. The van der Waals surface area contributed by atoms with Gasteiger partial charge in [-0.25, -0.2) is 0 Å². The topological polar surface area (TPSA) is 66.9 Å². The number of fused-ring (bicyclic) bond motifs is 1. The first-order valence-corrected chi connectivity index (χ1v) is 11.0. The third-order valence-corrected chi connectivity index (χ3v) is 6.84. The summed E-state index contributed by atoms with van der Waals surface area (Å²) >= 11 is 2.30. The van der Waals surface area contributed by atoms with Crippen LogP contribution < -0.4 is 0 Å². The highest BCUT2D eigenvalue weighted by atomic mass is 32.2. The van der Waals surface area contributed by atoms with Crippen LogP contribution in [0.25, 0.3) is 0 Å². The van der Waals surface area contributed by atoms with Crippen LogP contribution in [0.2, 0.25) is 0 Å². The molecule has 1 fully saturated rings. The Labute approximate surface area is 177 Å². The Morgan fingerprint density at radius 1 is 0.966 bits per heavy atom. The number of carbonyl (C=O) groups excluding carboxylic acids is 3. The molecule has 2 aliphatic rings. The molecule has 0 N–H and O–H groups in total. The van der Waals surface area contributed by atoms with Gasteiger partial charge in [-0.1, -0.05) is 42.5 Å². The average Bonchev–Trinajstić information content (AvgIpc) is 2.98. The lowest BCUT2D eigenvalue weighted by molar-refractivity contribution is -0.129. The zero-order valence-electron chi connectivity index (χ0n) is 15.8. The van der Waals surface area contributed by atoms with Crippen molar-refractivity contribution in [3.63, 3.8) is 0 Å². The smallest absolute Gasteiger partial charge is 0.292 e. The van der Waals surface area contributed by atoms with E-state index in [1.165, 1.54) is 4.90 Å². The predicted molar refractivity (Wildman–Crippen MR) is 113 cm³/mol. The van der Waals surface area contributed by atoms with Crippen LogP contribution in [-0.4, -0.2) is 50.8 Å². The number of rotatable bonds is 6. The summed E-state index contributed by atoms with van der Waals surface area (Å²) in [5.74, 6) is -0.0419. The Bertz CT molecular complexity index is 937. The molecule has 2 atom stereocenters. The van der Waals surface area contributed by atoms with Crippen molar-refractivity contribution < 1.29 is 19.1 Å². The number of benzene rings is 2. The van der Waals surface area contributed by atoms with Gasteiger partial charge in [0.15, 0.2) is 0 Å². The summed E-state index contributed by atoms with van der Waals surface area (Å²) in [5.41, 5.74) is 1.61. The Morgan fingerprint density at radius 2 is 1.69 bits per heavy atom. The second-order valence-electron chi connectivity index (χ2n) is 6.74. The highest BCUT2D eigenvalue weighted by Gasteiger charge is 2.41. The van der Waals surface area contributed by atoms with Crippen LogP contribution in [0.15, 0.2) is 59.5 Å². The van der Waals surface area contributed by atoms with Crippen molar-refractivity contribution in [3.8, 4) is 0 Å². The van der Waals surface area contributed by atoms with E-state index in [0.717, 1.165) is 10.5 Å². The van der Waals surface area contributed by atoms with Gasteiger partial charge >= 0.3 is 0 Å². The van der Waals surface area contributed by atoms with Crippen molar-refractivity contribution in [2.75, 3.05) is 13.2 Å². The van der Waals surface area contributed by atoms with Crippen LogP contribution in [-0.2, 0) is 16.1 Å². The first-order chi connectivity index (χ1) is 14.0. The molecule has 2 amide bonds. The average molecular weight is 429 g/mol. The van der Waals surface area contributed by atoms with Crippen LogP contribution in [0.3, 0.4) is 0 Å². The lowest BCUT2D eigenvalue weighted by atomic mass is 10.2. The van der Waals surface area contributed by atoms with E-state index >= 15 is 0 Å². The first-order valence-electron chi connectivity index (χ1n) is 9.29. The van der Waals surface area contributed by atoms with Gasteiger partial charge in [0.05, 0.1) is 17.5 Å². The third-order valence-electron chi connectivity index (χ3n) is 4.83. The maximum atomic E-state index is 12.8. The molecule has 0 bridgehead atoms. The molecule has 1 saturated heterocycles. The Morgan fingerprint density at radius 3 is 2.48 bits per heavy atom. The number of thioether (sulfide) groups is 2. The van der Waals surface area contributed by atoms with Crippen LogP contribution in [0.4, 0.5) is 4.79 Å². The van der Waals surface area contributed by atoms with E-state index in [1.54, 1.807) is 16.7 Å². The first kappa shape index (κ1) is 20.0. The maximum Gasteiger partial charge on any atom is 0.292 e. The molecule has 150 valence electrons. The second-order valence-corrected chi connectivity index (χ2v) is 9.05. The third kappa shape index (κ3) is 4.19. The van der Waals surface area contributed by atoms with Crippen molar-refractivity contribution in [2.45, 2.75) is 30.0 Å². The molecule has 0 aromatic heterocycles. The van der Waals surface area contributed by atoms with Crippen molar-refractivity contribution in [1.82, 2.24) is 9.80 Å². The molecule has 2 heterocycles. The molecule has 8 heteroatoms. The SMILES string of the molecule is CC1Sc2ccccc2C(=O)N1CCOC1C(=O)SC(=O)N1Cc1ccccc1. The van der Waals surface area contributed by atoms with Gasteiger partial charge in [0, 0.05) is 29.7 Å². The minimum atomic E-state index is -0.928. The van der Waals surface area contributed by atoms with Crippen molar-refractivity contribution in [3.05, 3.63) is 65.7 Å². The Hall–Kier alpha value is -2.29. The van der Waals surface area contributed by atoms with Crippen LogP contribution in [0, 0.1) is 0 Å². The largest absolute Gasteiger partial charge is 0.348 e. The predicted octanol–water partition coefficient (Wildman–Crippen LogP) is 3.82. The van der Waals surface area contributed by atoms with E-state index < -0.39 is 6.23 Å². The summed E-state index contributed by atoms with van der Waals surface area (Å²) in [7, 11) is 0. The fourth-order valence-electron chi connectivity index (χ4n) is 3.36. The van der Waals surface area contributed by atoms with Crippen molar-refractivity contribution >= 4 is 39.8 Å². The molecule has 2 aromatic carbocycles. The highest BCUT2D eigenvalue weighted by molar-refractivity contribution is 8.26. The molecule has 0 spiro atoms. The Balaban J connectivity index is 1.39. The molecular formula is C21H20N2O4S2. The van der Waals surface area contributed by atoms with E-state index in [2.05, 4.69) is 0 Å². The summed E-state index contributed by atoms with van der Waals surface area (Å²) in [6.45, 7) is 2.81. The molecule has 2 aliphatic heterocycles. The molecule has 0 saturated carbocycles. The van der Waals surface area contributed by atoms with Gasteiger partial charge in [0.25, 0.3) is 11.1 Å². The summed E-state index contributed by atoms with van der Waals surface area (Å²) in [4.78, 5) is 41.4. The summed E-state index contributed by atoms with van der Waals surface area (Å²) in [6.07, 6.45) is -0.928. The lowest BCUT2D eigenvalue weighted by Gasteiger charge is -2.34. The van der Waals surface area contributed by atoms with Gasteiger partial charge in [0.2, 0.25) is 11.3 Å². The zero-order valence-corrected chi connectivity index (χ0v) is 17.4. The van der Waals surface area contributed by atoms with Gasteiger partial charge in [-0.15, -0.1) is 11.8 Å². The molecule has 29 heavy (non-hydrogen) atoms. The molecule has 4 rings (SSSR count). The van der Waals surface area contributed by atoms with Crippen LogP contribution in [0.5, 0.6) is 0 Å². The van der Waals surface area contributed by atoms with E-state index in [-0.39, 0.29) is 28.2 Å². The highest BCUT2D eigenvalue weighted by Crippen LogP contribution is 2.35. The number of amides is 2. The molecule has 0 radical (unpaired) electrons. The van der Waals surface area contributed by atoms with Crippen molar-refractivity contribution in [2.24, 2.45) is 0 Å². The number of nitrogens with zero attached hydrogens (tertiary/aromatic N) is 2. The molecule has 6 nitrogen and oxygen atoms in total.